The number of nitrogens with zero attached hydrogens (tertiary/aromatic N) is 2. The van der Waals surface area contributed by atoms with Crippen LogP contribution in [0.15, 0.2) is 12.3 Å². The maximum atomic E-state index is 11.1. The first-order valence-corrected chi connectivity index (χ1v) is 5.50. The van der Waals surface area contributed by atoms with Crippen molar-refractivity contribution in [2.45, 2.75) is 6.42 Å². The molecule has 6 nitrogen and oxygen atoms in total. The van der Waals surface area contributed by atoms with E-state index >= 15 is 0 Å². The topological polar surface area (TPSA) is 88.7 Å². The van der Waals surface area contributed by atoms with Gasteiger partial charge in [-0.25, -0.2) is 9.78 Å². The van der Waals surface area contributed by atoms with Crippen molar-refractivity contribution >= 4 is 17.5 Å². The molecule has 2 rings (SSSR count). The second kappa shape index (κ2) is 5.01. The van der Waals surface area contributed by atoms with Crippen LogP contribution in [0.2, 0.25) is 0 Å². The summed E-state index contributed by atoms with van der Waals surface area (Å²) in [6.45, 7) is 2.69. The lowest BCUT2D eigenvalue weighted by atomic mass is 10.2. The summed E-state index contributed by atoms with van der Waals surface area (Å²) >= 11 is 0. The maximum Gasteiger partial charge on any atom is 0.339 e. The number of aromatic nitrogens is 1. The van der Waals surface area contributed by atoms with E-state index in [9.17, 15) is 4.79 Å². The standard InChI is InChI=1S/C11H15N3O3/c12-8-6-9(11(15)16)10(13-7-8)14-2-1-4-17-5-3-14/h6-7H,1-5,12H2,(H,15,16). The number of nitrogens with two attached hydrogens (primary N) is 1. The number of pyridine rings is 1. The molecule has 1 aliphatic rings. The Labute approximate surface area is 99.0 Å². The van der Waals surface area contributed by atoms with Crippen molar-refractivity contribution < 1.29 is 14.6 Å². The van der Waals surface area contributed by atoms with Crippen molar-refractivity contribution in [2.24, 2.45) is 0 Å². The molecule has 1 aromatic heterocycles. The SMILES string of the molecule is Nc1cnc(N2CCCOCC2)c(C(=O)O)c1. The lowest BCUT2D eigenvalue weighted by Crippen LogP contribution is -2.28. The number of aromatic carboxylic acids is 1. The second-order valence-electron chi connectivity index (χ2n) is 3.90. The molecule has 17 heavy (non-hydrogen) atoms. The first-order chi connectivity index (χ1) is 8.18. The third-order valence-electron chi connectivity index (χ3n) is 2.64. The van der Waals surface area contributed by atoms with Crippen LogP contribution >= 0.6 is 0 Å². The number of carboxylic acid groups (broad SMARTS) is 1. The fourth-order valence-corrected chi connectivity index (χ4v) is 1.84. The normalized spacial score (nSPS) is 16.6. The van der Waals surface area contributed by atoms with Crippen molar-refractivity contribution in [3.05, 3.63) is 17.8 Å². The van der Waals surface area contributed by atoms with Gasteiger partial charge in [-0.1, -0.05) is 0 Å². The molecular formula is C11H15N3O3. The summed E-state index contributed by atoms with van der Waals surface area (Å²) < 4.78 is 5.33. The van der Waals surface area contributed by atoms with Crippen LogP contribution < -0.4 is 10.6 Å². The van der Waals surface area contributed by atoms with E-state index in [1.54, 1.807) is 0 Å². The summed E-state index contributed by atoms with van der Waals surface area (Å²) in [5.74, 6) is -0.540. The van der Waals surface area contributed by atoms with Crippen LogP contribution in [0.25, 0.3) is 0 Å². The predicted molar refractivity (Wildman–Crippen MR) is 63.3 cm³/mol. The first kappa shape index (κ1) is 11.7. The van der Waals surface area contributed by atoms with E-state index in [0.29, 0.717) is 31.3 Å². The van der Waals surface area contributed by atoms with E-state index < -0.39 is 5.97 Å². The van der Waals surface area contributed by atoms with Crippen LogP contribution in [0.4, 0.5) is 11.5 Å². The third kappa shape index (κ3) is 2.65. The number of hydrogen-bond donors (Lipinski definition) is 2. The fourth-order valence-electron chi connectivity index (χ4n) is 1.84. The van der Waals surface area contributed by atoms with E-state index in [1.807, 2.05) is 4.90 Å². The van der Waals surface area contributed by atoms with Crippen molar-refractivity contribution in [3.8, 4) is 0 Å². The number of anilines is 2. The molecule has 1 aromatic rings. The molecule has 0 amide bonds. The predicted octanol–water partition coefficient (Wildman–Crippen LogP) is 0.589. The van der Waals surface area contributed by atoms with Crippen LogP contribution in [0.3, 0.4) is 0 Å². The fraction of sp³-hybridized carbons (Fsp3) is 0.455. The van der Waals surface area contributed by atoms with Gasteiger partial charge in [0.2, 0.25) is 0 Å². The van der Waals surface area contributed by atoms with E-state index in [0.717, 1.165) is 13.0 Å². The van der Waals surface area contributed by atoms with E-state index in [-0.39, 0.29) is 5.56 Å². The van der Waals surface area contributed by atoms with Crippen LogP contribution in [0.5, 0.6) is 0 Å². The summed E-state index contributed by atoms with van der Waals surface area (Å²) in [7, 11) is 0. The molecule has 0 bridgehead atoms. The Kier molecular flexibility index (Phi) is 3.43. The van der Waals surface area contributed by atoms with Gasteiger partial charge in [-0.05, 0) is 12.5 Å². The Morgan fingerprint density at radius 2 is 2.29 bits per heavy atom. The molecule has 0 unspecified atom stereocenters. The van der Waals surface area contributed by atoms with Gasteiger partial charge >= 0.3 is 5.97 Å². The number of nitrogen functional groups attached to an aromatic ring is 1. The quantitative estimate of drug-likeness (QED) is 0.782. The van der Waals surface area contributed by atoms with E-state index in [4.69, 9.17) is 15.6 Å². The largest absolute Gasteiger partial charge is 0.478 e. The molecule has 0 saturated carbocycles. The van der Waals surface area contributed by atoms with Crippen LogP contribution in [0, 0.1) is 0 Å². The zero-order valence-corrected chi connectivity index (χ0v) is 9.43. The molecule has 6 heteroatoms. The minimum Gasteiger partial charge on any atom is -0.478 e. The van der Waals surface area contributed by atoms with Crippen molar-refractivity contribution in [2.75, 3.05) is 36.9 Å². The van der Waals surface area contributed by atoms with Gasteiger partial charge in [0.1, 0.15) is 11.4 Å². The second-order valence-corrected chi connectivity index (χ2v) is 3.90. The highest BCUT2D eigenvalue weighted by molar-refractivity contribution is 5.94. The molecule has 92 valence electrons. The van der Waals surface area contributed by atoms with Crippen LogP contribution in [-0.4, -0.2) is 42.4 Å². The Morgan fingerprint density at radius 3 is 3.06 bits per heavy atom. The summed E-state index contributed by atoms with van der Waals surface area (Å²) in [5.41, 5.74) is 6.06. The molecular weight excluding hydrogens is 222 g/mol. The summed E-state index contributed by atoms with van der Waals surface area (Å²) in [5, 5.41) is 9.14. The molecule has 0 atom stereocenters. The summed E-state index contributed by atoms with van der Waals surface area (Å²) in [6, 6.07) is 1.44. The number of carboxylic acids is 1. The lowest BCUT2D eigenvalue weighted by molar-refractivity contribution is 0.0697. The van der Waals surface area contributed by atoms with Crippen molar-refractivity contribution in [3.63, 3.8) is 0 Å². The molecule has 0 aliphatic carbocycles. The Morgan fingerprint density at radius 1 is 1.47 bits per heavy atom. The molecule has 1 saturated heterocycles. The molecule has 1 fully saturated rings. The van der Waals surface area contributed by atoms with Gasteiger partial charge in [-0.15, -0.1) is 0 Å². The number of carbonyl (C=O) groups is 1. The number of hydrogen-bond acceptors (Lipinski definition) is 5. The minimum atomic E-state index is -1.01. The van der Waals surface area contributed by atoms with Gasteiger partial charge in [-0.3, -0.25) is 0 Å². The highest BCUT2D eigenvalue weighted by Crippen LogP contribution is 2.21. The van der Waals surface area contributed by atoms with Gasteiger partial charge in [0.25, 0.3) is 0 Å². The zero-order chi connectivity index (χ0) is 12.3. The van der Waals surface area contributed by atoms with E-state index in [1.165, 1.54) is 12.3 Å². The highest BCUT2D eigenvalue weighted by atomic mass is 16.5. The monoisotopic (exact) mass is 237 g/mol. The first-order valence-electron chi connectivity index (χ1n) is 5.50. The molecule has 3 N–H and O–H groups in total. The van der Waals surface area contributed by atoms with Crippen molar-refractivity contribution in [1.29, 1.82) is 0 Å². The molecule has 2 heterocycles. The smallest absolute Gasteiger partial charge is 0.339 e. The number of ether oxygens (including phenoxy) is 1. The summed E-state index contributed by atoms with van der Waals surface area (Å²) in [4.78, 5) is 17.2. The summed E-state index contributed by atoms with van der Waals surface area (Å²) in [6.07, 6.45) is 2.35. The molecule has 0 radical (unpaired) electrons. The van der Waals surface area contributed by atoms with E-state index in [2.05, 4.69) is 4.98 Å². The van der Waals surface area contributed by atoms with Gasteiger partial charge in [0, 0.05) is 19.7 Å². The van der Waals surface area contributed by atoms with Gasteiger partial charge in [0.15, 0.2) is 0 Å². The van der Waals surface area contributed by atoms with Crippen molar-refractivity contribution in [1.82, 2.24) is 4.98 Å². The van der Waals surface area contributed by atoms with Crippen LogP contribution in [-0.2, 0) is 4.74 Å². The van der Waals surface area contributed by atoms with Crippen LogP contribution in [0.1, 0.15) is 16.8 Å². The minimum absolute atomic E-state index is 0.145. The Hall–Kier alpha value is -1.82. The van der Waals surface area contributed by atoms with Gasteiger partial charge in [-0.2, -0.15) is 0 Å². The molecule has 1 aliphatic heterocycles. The molecule has 0 spiro atoms. The lowest BCUT2D eigenvalue weighted by Gasteiger charge is -2.22. The Bertz CT molecular complexity index is 414. The maximum absolute atomic E-state index is 11.1. The third-order valence-corrected chi connectivity index (χ3v) is 2.64. The number of rotatable bonds is 2. The zero-order valence-electron chi connectivity index (χ0n) is 9.43. The average Bonchev–Trinajstić information content (AvgIpc) is 2.57. The molecule has 0 aromatic carbocycles. The van der Waals surface area contributed by atoms with Gasteiger partial charge in [0.05, 0.1) is 18.5 Å². The highest BCUT2D eigenvalue weighted by Gasteiger charge is 2.19. The average molecular weight is 237 g/mol. The van der Waals surface area contributed by atoms with Gasteiger partial charge < -0.3 is 20.5 Å². The Balaban J connectivity index is 2.32.